The second-order valence-electron chi connectivity index (χ2n) is 5.05. The van der Waals surface area contributed by atoms with Crippen LogP contribution in [0.5, 0.6) is 0 Å². The monoisotopic (exact) mass is 265 g/mol. The number of aryl methyl sites for hydroxylation is 1. The minimum absolute atomic E-state index is 0.415. The Hall–Kier alpha value is -1.06. The van der Waals surface area contributed by atoms with Crippen LogP contribution in [0.25, 0.3) is 0 Å². The SMILES string of the molecule is Cc1nnc(SCCC(C)(C#N)NC2CC2)n1C. The third-order valence-corrected chi connectivity index (χ3v) is 4.25. The predicted molar refractivity (Wildman–Crippen MR) is 71.3 cm³/mol. The molecule has 1 aliphatic carbocycles. The van der Waals surface area contributed by atoms with Gasteiger partial charge in [-0.1, -0.05) is 11.8 Å². The molecule has 0 radical (unpaired) electrons. The lowest BCUT2D eigenvalue weighted by Crippen LogP contribution is -2.42. The van der Waals surface area contributed by atoms with Crippen molar-refractivity contribution in [2.75, 3.05) is 5.75 Å². The molecule has 1 unspecified atom stereocenters. The molecule has 0 saturated heterocycles. The van der Waals surface area contributed by atoms with Gasteiger partial charge >= 0.3 is 0 Å². The van der Waals surface area contributed by atoms with E-state index in [4.69, 9.17) is 0 Å². The maximum Gasteiger partial charge on any atom is 0.190 e. The van der Waals surface area contributed by atoms with Crippen molar-refractivity contribution in [1.29, 1.82) is 5.26 Å². The van der Waals surface area contributed by atoms with Gasteiger partial charge in [-0.3, -0.25) is 5.32 Å². The summed E-state index contributed by atoms with van der Waals surface area (Å²) in [7, 11) is 1.96. The van der Waals surface area contributed by atoms with E-state index < -0.39 is 5.54 Å². The Bertz CT molecular complexity index is 460. The highest BCUT2D eigenvalue weighted by molar-refractivity contribution is 7.99. The van der Waals surface area contributed by atoms with Crippen LogP contribution in [0.15, 0.2) is 5.16 Å². The first-order valence-corrected chi connectivity index (χ1v) is 7.20. The number of aromatic nitrogens is 3. The van der Waals surface area contributed by atoms with Crippen molar-refractivity contribution >= 4 is 11.8 Å². The van der Waals surface area contributed by atoms with E-state index in [1.807, 2.05) is 25.5 Å². The van der Waals surface area contributed by atoms with E-state index in [9.17, 15) is 5.26 Å². The summed E-state index contributed by atoms with van der Waals surface area (Å²) in [4.78, 5) is 0. The van der Waals surface area contributed by atoms with Crippen molar-refractivity contribution in [2.24, 2.45) is 7.05 Å². The van der Waals surface area contributed by atoms with Crippen LogP contribution >= 0.6 is 11.8 Å². The molecule has 1 aromatic heterocycles. The normalized spacial score (nSPS) is 18.3. The molecule has 0 aliphatic heterocycles. The molecule has 6 heteroatoms. The van der Waals surface area contributed by atoms with Crippen LogP contribution in [0.2, 0.25) is 0 Å². The third-order valence-electron chi connectivity index (χ3n) is 3.23. The fourth-order valence-corrected chi connectivity index (χ4v) is 2.82. The summed E-state index contributed by atoms with van der Waals surface area (Å²) in [5.74, 6) is 1.78. The number of hydrogen-bond donors (Lipinski definition) is 1. The molecule has 0 aromatic carbocycles. The van der Waals surface area contributed by atoms with E-state index in [0.29, 0.717) is 6.04 Å². The molecule has 1 atom stereocenters. The van der Waals surface area contributed by atoms with Gasteiger partial charge in [-0.15, -0.1) is 10.2 Å². The smallest absolute Gasteiger partial charge is 0.190 e. The highest BCUT2D eigenvalue weighted by Crippen LogP contribution is 2.26. The number of nitriles is 1. The molecule has 1 N–H and O–H groups in total. The first kappa shape index (κ1) is 13.4. The summed E-state index contributed by atoms with van der Waals surface area (Å²) in [6.07, 6.45) is 3.22. The molecule has 1 aliphatic rings. The predicted octanol–water partition coefficient (Wildman–Crippen LogP) is 1.64. The summed E-state index contributed by atoms with van der Waals surface area (Å²) in [6.45, 7) is 3.92. The van der Waals surface area contributed by atoms with Gasteiger partial charge in [0.2, 0.25) is 0 Å². The first-order chi connectivity index (χ1) is 8.54. The minimum atomic E-state index is -0.415. The van der Waals surface area contributed by atoms with Crippen molar-refractivity contribution in [2.45, 2.75) is 49.8 Å². The van der Waals surface area contributed by atoms with Crippen LogP contribution in [-0.2, 0) is 7.05 Å². The van der Waals surface area contributed by atoms with Gasteiger partial charge in [0.1, 0.15) is 11.4 Å². The summed E-state index contributed by atoms with van der Waals surface area (Å²) in [5, 5.41) is 21.7. The summed E-state index contributed by atoms with van der Waals surface area (Å²) >= 11 is 1.66. The zero-order chi connectivity index (χ0) is 13.2. The maximum atomic E-state index is 9.26. The fraction of sp³-hybridized carbons (Fsp3) is 0.750. The van der Waals surface area contributed by atoms with Gasteiger partial charge in [-0.25, -0.2) is 0 Å². The minimum Gasteiger partial charge on any atom is -0.309 e. The van der Waals surface area contributed by atoms with E-state index in [2.05, 4.69) is 21.6 Å². The molecule has 1 heterocycles. The van der Waals surface area contributed by atoms with E-state index in [-0.39, 0.29) is 0 Å². The second-order valence-corrected chi connectivity index (χ2v) is 6.11. The van der Waals surface area contributed by atoms with Crippen molar-refractivity contribution in [1.82, 2.24) is 20.1 Å². The molecule has 0 bridgehead atoms. The lowest BCUT2D eigenvalue weighted by atomic mass is 10.0. The lowest BCUT2D eigenvalue weighted by Gasteiger charge is -2.22. The first-order valence-electron chi connectivity index (χ1n) is 6.22. The molecular formula is C12H19N5S. The van der Waals surface area contributed by atoms with Crippen LogP contribution in [0.1, 0.15) is 32.0 Å². The van der Waals surface area contributed by atoms with E-state index in [0.717, 1.165) is 23.2 Å². The van der Waals surface area contributed by atoms with Gasteiger partial charge in [0.15, 0.2) is 5.16 Å². The number of rotatable bonds is 6. The average Bonchev–Trinajstić information content (AvgIpc) is 3.10. The van der Waals surface area contributed by atoms with E-state index in [1.54, 1.807) is 11.8 Å². The van der Waals surface area contributed by atoms with Crippen molar-refractivity contribution < 1.29 is 0 Å². The van der Waals surface area contributed by atoms with Gasteiger partial charge in [0.05, 0.1) is 6.07 Å². The highest BCUT2D eigenvalue weighted by atomic mass is 32.2. The largest absolute Gasteiger partial charge is 0.309 e. The van der Waals surface area contributed by atoms with Crippen molar-refractivity contribution in [3.05, 3.63) is 5.82 Å². The van der Waals surface area contributed by atoms with Crippen molar-refractivity contribution in [3.63, 3.8) is 0 Å². The topological polar surface area (TPSA) is 66.5 Å². The Balaban J connectivity index is 1.83. The van der Waals surface area contributed by atoms with Crippen LogP contribution in [0.3, 0.4) is 0 Å². The van der Waals surface area contributed by atoms with E-state index >= 15 is 0 Å². The molecule has 5 nitrogen and oxygen atoms in total. The van der Waals surface area contributed by atoms with Crippen LogP contribution < -0.4 is 5.32 Å². The van der Waals surface area contributed by atoms with Gasteiger partial charge in [0.25, 0.3) is 0 Å². The van der Waals surface area contributed by atoms with Gasteiger partial charge in [0, 0.05) is 18.8 Å². The quantitative estimate of drug-likeness (QED) is 0.792. The molecule has 18 heavy (non-hydrogen) atoms. The molecular weight excluding hydrogens is 246 g/mol. The van der Waals surface area contributed by atoms with Gasteiger partial charge in [-0.05, 0) is 33.1 Å². The summed E-state index contributed by atoms with van der Waals surface area (Å²) < 4.78 is 1.97. The Morgan fingerprint density at radius 2 is 2.28 bits per heavy atom. The zero-order valence-electron chi connectivity index (χ0n) is 11.1. The number of nitrogens with zero attached hydrogens (tertiary/aromatic N) is 4. The maximum absolute atomic E-state index is 9.26. The molecule has 1 fully saturated rings. The van der Waals surface area contributed by atoms with Crippen molar-refractivity contribution in [3.8, 4) is 6.07 Å². The zero-order valence-corrected chi connectivity index (χ0v) is 11.9. The van der Waals surface area contributed by atoms with Crippen LogP contribution in [0.4, 0.5) is 0 Å². The number of hydrogen-bond acceptors (Lipinski definition) is 5. The molecule has 1 saturated carbocycles. The average molecular weight is 265 g/mol. The Kier molecular flexibility index (Phi) is 3.93. The molecule has 2 rings (SSSR count). The van der Waals surface area contributed by atoms with E-state index in [1.165, 1.54) is 12.8 Å². The Labute approximate surface area is 112 Å². The number of nitrogens with one attached hydrogen (secondary N) is 1. The molecule has 0 spiro atoms. The van der Waals surface area contributed by atoms with Crippen LogP contribution in [0, 0.1) is 18.3 Å². The molecule has 0 amide bonds. The summed E-state index contributed by atoms with van der Waals surface area (Å²) in [5.41, 5.74) is -0.415. The third kappa shape index (κ3) is 3.24. The Morgan fingerprint density at radius 1 is 1.56 bits per heavy atom. The molecule has 98 valence electrons. The van der Waals surface area contributed by atoms with Gasteiger partial charge in [-0.2, -0.15) is 5.26 Å². The fourth-order valence-electron chi connectivity index (χ4n) is 1.70. The second kappa shape index (κ2) is 5.29. The summed E-state index contributed by atoms with van der Waals surface area (Å²) in [6, 6.07) is 2.94. The standard InChI is InChI=1S/C12H19N5S/c1-9-15-16-11(17(9)3)18-7-6-12(2,8-13)14-10-4-5-10/h10,14H,4-7H2,1-3H3. The highest BCUT2D eigenvalue weighted by Gasteiger charge is 2.32. The number of thioether (sulfide) groups is 1. The lowest BCUT2D eigenvalue weighted by molar-refractivity contribution is 0.433. The van der Waals surface area contributed by atoms with Gasteiger partial charge < -0.3 is 4.57 Å². The van der Waals surface area contributed by atoms with Crippen LogP contribution in [-0.4, -0.2) is 32.1 Å². The molecule has 1 aromatic rings. The Morgan fingerprint density at radius 3 is 2.78 bits per heavy atom.